The third-order valence-electron chi connectivity index (χ3n) is 2.98. The summed E-state index contributed by atoms with van der Waals surface area (Å²) in [4.78, 5) is 10.5. The van der Waals surface area contributed by atoms with Crippen molar-refractivity contribution >= 4 is 5.69 Å². The number of nitrogens with zero attached hydrogens (tertiary/aromatic N) is 1. The first kappa shape index (κ1) is 14.8. The van der Waals surface area contributed by atoms with Gasteiger partial charge in [0.05, 0.1) is 24.2 Å². The third-order valence-corrected chi connectivity index (χ3v) is 2.98. The van der Waals surface area contributed by atoms with Crippen LogP contribution in [0.15, 0.2) is 42.5 Å². The molecule has 2 aromatic carbocycles. The minimum Gasteiger partial charge on any atom is -0.497 e. The van der Waals surface area contributed by atoms with E-state index in [4.69, 9.17) is 14.6 Å². The van der Waals surface area contributed by atoms with Crippen LogP contribution in [0.25, 0.3) is 0 Å². The second-order valence-electron chi connectivity index (χ2n) is 4.34. The molecule has 1 N–H and O–H groups in total. The van der Waals surface area contributed by atoms with Gasteiger partial charge in [0, 0.05) is 6.07 Å². The summed E-state index contributed by atoms with van der Waals surface area (Å²) < 4.78 is 10.6. The Bertz CT molecular complexity index is 624. The van der Waals surface area contributed by atoms with Gasteiger partial charge in [0.15, 0.2) is 0 Å². The number of benzene rings is 2. The van der Waals surface area contributed by atoms with Crippen molar-refractivity contribution < 1.29 is 19.5 Å². The van der Waals surface area contributed by atoms with Crippen molar-refractivity contribution in [3.05, 3.63) is 63.7 Å². The fourth-order valence-electron chi connectivity index (χ4n) is 1.83. The van der Waals surface area contributed by atoms with E-state index in [1.807, 2.05) is 0 Å². The highest BCUT2D eigenvalue weighted by atomic mass is 16.6. The molecule has 0 unspecified atom stereocenters. The Kier molecular flexibility index (Phi) is 4.73. The van der Waals surface area contributed by atoms with Crippen LogP contribution < -0.4 is 9.47 Å². The minimum atomic E-state index is -0.451. The average molecular weight is 289 g/mol. The van der Waals surface area contributed by atoms with E-state index in [1.54, 1.807) is 30.3 Å². The van der Waals surface area contributed by atoms with Crippen LogP contribution in [0.1, 0.15) is 11.1 Å². The highest BCUT2D eigenvalue weighted by Crippen LogP contribution is 2.25. The number of aliphatic hydroxyl groups is 1. The van der Waals surface area contributed by atoms with Crippen molar-refractivity contribution in [2.45, 2.75) is 13.2 Å². The summed E-state index contributed by atoms with van der Waals surface area (Å²) >= 11 is 0. The SMILES string of the molecule is COc1ccc([N+](=O)[O-])c(COc2ccc(CO)cc2)c1. The molecule has 0 atom stereocenters. The van der Waals surface area contributed by atoms with Gasteiger partial charge >= 0.3 is 0 Å². The van der Waals surface area contributed by atoms with E-state index in [0.717, 1.165) is 5.56 Å². The van der Waals surface area contributed by atoms with E-state index in [1.165, 1.54) is 19.2 Å². The van der Waals surface area contributed by atoms with Crippen LogP contribution in [0.4, 0.5) is 5.69 Å². The topological polar surface area (TPSA) is 81.8 Å². The molecule has 0 aliphatic rings. The van der Waals surface area contributed by atoms with Crippen LogP contribution in [0.2, 0.25) is 0 Å². The zero-order chi connectivity index (χ0) is 15.2. The van der Waals surface area contributed by atoms with Gasteiger partial charge in [-0.3, -0.25) is 10.1 Å². The van der Waals surface area contributed by atoms with Crippen molar-refractivity contribution in [1.82, 2.24) is 0 Å². The summed E-state index contributed by atoms with van der Waals surface area (Å²) in [5.74, 6) is 1.11. The highest BCUT2D eigenvalue weighted by molar-refractivity contribution is 5.45. The average Bonchev–Trinajstić information content (AvgIpc) is 2.52. The van der Waals surface area contributed by atoms with Crippen LogP contribution in [0.3, 0.4) is 0 Å². The fraction of sp³-hybridized carbons (Fsp3) is 0.200. The molecule has 0 saturated carbocycles. The van der Waals surface area contributed by atoms with Crippen LogP contribution in [0.5, 0.6) is 11.5 Å². The lowest BCUT2D eigenvalue weighted by atomic mass is 10.2. The second-order valence-corrected chi connectivity index (χ2v) is 4.34. The summed E-state index contributed by atoms with van der Waals surface area (Å²) in [6.07, 6.45) is 0. The van der Waals surface area contributed by atoms with Crippen molar-refractivity contribution in [3.8, 4) is 11.5 Å². The molecule has 0 saturated heterocycles. The number of aliphatic hydroxyl groups excluding tert-OH is 1. The molecule has 2 aromatic rings. The summed E-state index contributed by atoms with van der Waals surface area (Å²) in [5.41, 5.74) is 1.20. The van der Waals surface area contributed by atoms with Crippen LogP contribution in [-0.4, -0.2) is 17.1 Å². The van der Waals surface area contributed by atoms with Gasteiger partial charge in [-0.25, -0.2) is 0 Å². The van der Waals surface area contributed by atoms with E-state index in [9.17, 15) is 10.1 Å². The van der Waals surface area contributed by atoms with E-state index in [-0.39, 0.29) is 18.9 Å². The Morgan fingerprint density at radius 1 is 1.14 bits per heavy atom. The van der Waals surface area contributed by atoms with Gasteiger partial charge in [0.1, 0.15) is 18.1 Å². The quantitative estimate of drug-likeness (QED) is 0.653. The molecular formula is C15H15NO5. The molecule has 0 radical (unpaired) electrons. The van der Waals surface area contributed by atoms with Crippen molar-refractivity contribution in [1.29, 1.82) is 0 Å². The van der Waals surface area contributed by atoms with E-state index >= 15 is 0 Å². The number of hydrogen-bond acceptors (Lipinski definition) is 5. The van der Waals surface area contributed by atoms with Crippen molar-refractivity contribution in [2.24, 2.45) is 0 Å². The Balaban J connectivity index is 2.15. The van der Waals surface area contributed by atoms with Gasteiger partial charge < -0.3 is 14.6 Å². The zero-order valence-corrected chi connectivity index (χ0v) is 11.5. The predicted octanol–water partition coefficient (Wildman–Crippen LogP) is 2.67. The Labute approximate surface area is 121 Å². The van der Waals surface area contributed by atoms with E-state index in [0.29, 0.717) is 17.1 Å². The second kappa shape index (κ2) is 6.71. The molecule has 0 fully saturated rings. The van der Waals surface area contributed by atoms with Gasteiger partial charge in [-0.15, -0.1) is 0 Å². The van der Waals surface area contributed by atoms with Gasteiger partial charge in [0.25, 0.3) is 5.69 Å². The highest BCUT2D eigenvalue weighted by Gasteiger charge is 2.15. The number of hydrogen-bond donors (Lipinski definition) is 1. The maximum Gasteiger partial charge on any atom is 0.276 e. The first-order valence-corrected chi connectivity index (χ1v) is 6.28. The van der Waals surface area contributed by atoms with Gasteiger partial charge in [-0.2, -0.15) is 0 Å². The first-order chi connectivity index (χ1) is 10.1. The monoisotopic (exact) mass is 289 g/mol. The first-order valence-electron chi connectivity index (χ1n) is 6.28. The molecule has 0 heterocycles. The van der Waals surface area contributed by atoms with E-state index < -0.39 is 4.92 Å². The van der Waals surface area contributed by atoms with Gasteiger partial charge in [0.2, 0.25) is 0 Å². The smallest absolute Gasteiger partial charge is 0.276 e. The number of nitro benzene ring substituents is 1. The molecule has 110 valence electrons. The molecule has 6 nitrogen and oxygen atoms in total. The molecule has 21 heavy (non-hydrogen) atoms. The fourth-order valence-corrected chi connectivity index (χ4v) is 1.83. The van der Waals surface area contributed by atoms with Crippen molar-refractivity contribution in [2.75, 3.05) is 7.11 Å². The lowest BCUT2D eigenvalue weighted by Crippen LogP contribution is -2.01. The molecule has 0 amide bonds. The maximum atomic E-state index is 11.0. The standard InChI is InChI=1S/C15H15NO5/c1-20-14-6-7-15(16(18)19)12(8-14)10-21-13-4-2-11(9-17)3-5-13/h2-8,17H,9-10H2,1H3. The van der Waals surface area contributed by atoms with Crippen molar-refractivity contribution in [3.63, 3.8) is 0 Å². The number of nitro groups is 1. The third kappa shape index (κ3) is 3.70. The number of ether oxygens (including phenoxy) is 2. The summed E-state index contributed by atoms with van der Waals surface area (Å²) in [6, 6.07) is 11.4. The molecule has 2 rings (SSSR count). The maximum absolute atomic E-state index is 11.0. The molecular weight excluding hydrogens is 274 g/mol. The Morgan fingerprint density at radius 2 is 1.81 bits per heavy atom. The summed E-state index contributed by atoms with van der Waals surface area (Å²) in [7, 11) is 1.50. The lowest BCUT2D eigenvalue weighted by Gasteiger charge is -2.09. The van der Waals surface area contributed by atoms with Crippen LogP contribution >= 0.6 is 0 Å². The number of methoxy groups -OCH3 is 1. The molecule has 0 aliphatic carbocycles. The minimum absolute atomic E-state index is 0.0113. The summed E-state index contributed by atoms with van der Waals surface area (Å²) in [5, 5.41) is 20.0. The lowest BCUT2D eigenvalue weighted by molar-refractivity contribution is -0.385. The van der Waals surface area contributed by atoms with Gasteiger partial charge in [-0.05, 0) is 29.8 Å². The molecule has 0 aliphatic heterocycles. The van der Waals surface area contributed by atoms with E-state index in [2.05, 4.69) is 0 Å². The van der Waals surface area contributed by atoms with Crippen LogP contribution in [-0.2, 0) is 13.2 Å². The largest absolute Gasteiger partial charge is 0.497 e. The Hall–Kier alpha value is -2.60. The molecule has 0 bridgehead atoms. The predicted molar refractivity (Wildman–Crippen MR) is 76.3 cm³/mol. The summed E-state index contributed by atoms with van der Waals surface area (Å²) in [6.45, 7) is 0.0214. The van der Waals surface area contributed by atoms with Gasteiger partial charge in [-0.1, -0.05) is 12.1 Å². The Morgan fingerprint density at radius 3 is 2.38 bits per heavy atom. The van der Waals surface area contributed by atoms with Crippen LogP contribution in [0, 0.1) is 10.1 Å². The zero-order valence-electron chi connectivity index (χ0n) is 11.5. The molecule has 6 heteroatoms. The molecule has 0 aromatic heterocycles. The number of rotatable bonds is 6. The normalized spacial score (nSPS) is 10.2. The molecule has 0 spiro atoms.